The lowest BCUT2D eigenvalue weighted by Gasteiger charge is -2.14. The van der Waals surface area contributed by atoms with E-state index in [-0.39, 0.29) is 5.41 Å². The van der Waals surface area contributed by atoms with Crippen molar-refractivity contribution in [1.29, 1.82) is 0 Å². The number of nitrogens with zero attached hydrogens (tertiary/aromatic N) is 2. The summed E-state index contributed by atoms with van der Waals surface area (Å²) in [4.78, 5) is 8.84. The van der Waals surface area contributed by atoms with Crippen molar-refractivity contribution in [2.75, 3.05) is 5.73 Å². The van der Waals surface area contributed by atoms with Crippen LogP contribution in [0.15, 0.2) is 17.6 Å². The zero-order chi connectivity index (χ0) is 13.3. The van der Waals surface area contributed by atoms with E-state index in [1.807, 2.05) is 6.07 Å². The number of pyridine rings is 1. The molecule has 0 aliphatic carbocycles. The lowest BCUT2D eigenvalue weighted by molar-refractivity contribution is 0.571. The van der Waals surface area contributed by atoms with Crippen LogP contribution in [0.1, 0.15) is 42.6 Å². The van der Waals surface area contributed by atoms with Crippen LogP contribution in [0.3, 0.4) is 0 Å². The van der Waals surface area contributed by atoms with Gasteiger partial charge in [0.05, 0.1) is 10.7 Å². The van der Waals surface area contributed by atoms with Crippen LogP contribution < -0.4 is 5.73 Å². The zero-order valence-electron chi connectivity index (χ0n) is 11.3. The van der Waals surface area contributed by atoms with Crippen molar-refractivity contribution in [3.63, 3.8) is 0 Å². The van der Waals surface area contributed by atoms with Crippen molar-refractivity contribution in [1.82, 2.24) is 9.97 Å². The van der Waals surface area contributed by atoms with E-state index in [1.165, 1.54) is 5.56 Å². The van der Waals surface area contributed by atoms with Crippen molar-refractivity contribution in [2.45, 2.75) is 39.5 Å². The molecule has 2 aromatic rings. The molecule has 3 nitrogen and oxygen atoms in total. The van der Waals surface area contributed by atoms with E-state index in [9.17, 15) is 0 Å². The number of nitrogen functional groups attached to an aromatic ring is 1. The van der Waals surface area contributed by atoms with Gasteiger partial charge >= 0.3 is 0 Å². The molecule has 0 aliphatic heterocycles. The number of rotatable bonds is 2. The molecule has 2 N–H and O–H groups in total. The topological polar surface area (TPSA) is 51.8 Å². The number of anilines is 1. The number of nitrogens with two attached hydrogens (primary N) is 1. The van der Waals surface area contributed by atoms with E-state index in [4.69, 9.17) is 10.7 Å². The van der Waals surface area contributed by atoms with Crippen LogP contribution in [0.2, 0.25) is 0 Å². The van der Waals surface area contributed by atoms with Crippen LogP contribution in [0.5, 0.6) is 0 Å². The Kier molecular flexibility index (Phi) is 3.39. The van der Waals surface area contributed by atoms with Gasteiger partial charge < -0.3 is 5.73 Å². The maximum atomic E-state index is 5.93. The summed E-state index contributed by atoms with van der Waals surface area (Å²) < 4.78 is 0. The van der Waals surface area contributed by atoms with Crippen molar-refractivity contribution in [2.24, 2.45) is 0 Å². The summed E-state index contributed by atoms with van der Waals surface area (Å²) in [7, 11) is 0. The van der Waals surface area contributed by atoms with Crippen molar-refractivity contribution >= 4 is 17.2 Å². The molecule has 4 heteroatoms. The minimum absolute atomic E-state index is 0.101. The maximum absolute atomic E-state index is 5.93. The van der Waals surface area contributed by atoms with Gasteiger partial charge in [-0.15, -0.1) is 11.3 Å². The van der Waals surface area contributed by atoms with E-state index in [2.05, 4.69) is 38.1 Å². The Labute approximate surface area is 112 Å². The molecule has 0 aromatic carbocycles. The number of hydrogen-bond acceptors (Lipinski definition) is 4. The largest absolute Gasteiger partial charge is 0.383 e. The first-order chi connectivity index (χ1) is 8.38. The Balaban J connectivity index is 2.27. The van der Waals surface area contributed by atoms with Gasteiger partial charge in [-0.1, -0.05) is 20.8 Å². The molecule has 0 fully saturated rings. The van der Waals surface area contributed by atoms with Crippen molar-refractivity contribution in [3.8, 4) is 0 Å². The van der Waals surface area contributed by atoms with Gasteiger partial charge in [-0.2, -0.15) is 0 Å². The molecule has 0 aliphatic rings. The SMILES string of the molecule is Cc1ccnc(N)c1Cc1nc(C(C)(C)C)cs1. The second-order valence-electron chi connectivity index (χ2n) is 5.54. The summed E-state index contributed by atoms with van der Waals surface area (Å²) >= 11 is 1.69. The highest BCUT2D eigenvalue weighted by Crippen LogP contribution is 2.26. The first kappa shape index (κ1) is 13.0. The molecule has 0 spiro atoms. The van der Waals surface area contributed by atoms with Crippen LogP contribution in [-0.4, -0.2) is 9.97 Å². The molecule has 2 rings (SSSR count). The Morgan fingerprint density at radius 1 is 1.33 bits per heavy atom. The van der Waals surface area contributed by atoms with Crippen molar-refractivity contribution < 1.29 is 0 Å². The smallest absolute Gasteiger partial charge is 0.127 e. The average molecular weight is 261 g/mol. The summed E-state index contributed by atoms with van der Waals surface area (Å²) in [6, 6.07) is 1.99. The number of aromatic nitrogens is 2. The summed E-state index contributed by atoms with van der Waals surface area (Å²) in [6.45, 7) is 8.59. The molecule has 0 saturated heterocycles. The van der Waals surface area contributed by atoms with Crippen LogP contribution in [0.4, 0.5) is 5.82 Å². The molecular formula is C14H19N3S. The van der Waals surface area contributed by atoms with Crippen LogP contribution in [0.25, 0.3) is 0 Å². The third-order valence-electron chi connectivity index (χ3n) is 2.97. The molecular weight excluding hydrogens is 242 g/mol. The fourth-order valence-corrected chi connectivity index (χ4v) is 2.76. The molecule has 18 heavy (non-hydrogen) atoms. The molecule has 0 amide bonds. The number of aryl methyl sites for hydroxylation is 1. The predicted octanol–water partition coefficient (Wildman–Crippen LogP) is 3.32. The fraction of sp³-hybridized carbons (Fsp3) is 0.429. The summed E-state index contributed by atoms with van der Waals surface area (Å²) in [6.07, 6.45) is 2.52. The Morgan fingerprint density at radius 2 is 2.06 bits per heavy atom. The van der Waals surface area contributed by atoms with Gasteiger partial charge in [-0.3, -0.25) is 0 Å². The third-order valence-corrected chi connectivity index (χ3v) is 3.82. The molecule has 96 valence electrons. The number of hydrogen-bond donors (Lipinski definition) is 1. The first-order valence-electron chi connectivity index (χ1n) is 6.03. The van der Waals surface area contributed by atoms with Crippen LogP contribution >= 0.6 is 11.3 Å². The monoisotopic (exact) mass is 261 g/mol. The summed E-state index contributed by atoms with van der Waals surface area (Å²) in [5.41, 5.74) is 9.44. The van der Waals surface area contributed by atoms with E-state index < -0.39 is 0 Å². The molecule has 0 bridgehead atoms. The quantitative estimate of drug-likeness (QED) is 0.902. The highest BCUT2D eigenvalue weighted by molar-refractivity contribution is 7.09. The maximum Gasteiger partial charge on any atom is 0.127 e. The second kappa shape index (κ2) is 4.69. The second-order valence-corrected chi connectivity index (χ2v) is 6.49. The highest BCUT2D eigenvalue weighted by Gasteiger charge is 2.18. The highest BCUT2D eigenvalue weighted by atomic mass is 32.1. The fourth-order valence-electron chi connectivity index (χ4n) is 1.73. The summed E-state index contributed by atoms with van der Waals surface area (Å²) in [5, 5.41) is 3.24. The average Bonchev–Trinajstić information content (AvgIpc) is 2.72. The molecule has 0 radical (unpaired) electrons. The van der Waals surface area contributed by atoms with Gasteiger partial charge in [-0.25, -0.2) is 9.97 Å². The third kappa shape index (κ3) is 2.70. The van der Waals surface area contributed by atoms with E-state index in [0.717, 1.165) is 22.7 Å². The minimum atomic E-state index is 0.101. The van der Waals surface area contributed by atoms with E-state index >= 15 is 0 Å². The molecule has 0 atom stereocenters. The van der Waals surface area contributed by atoms with E-state index in [0.29, 0.717) is 5.82 Å². The van der Waals surface area contributed by atoms with Crippen LogP contribution in [-0.2, 0) is 11.8 Å². The van der Waals surface area contributed by atoms with E-state index in [1.54, 1.807) is 17.5 Å². The predicted molar refractivity (Wildman–Crippen MR) is 77.0 cm³/mol. The molecule has 0 unspecified atom stereocenters. The number of thiazole rings is 1. The minimum Gasteiger partial charge on any atom is -0.383 e. The van der Waals surface area contributed by atoms with Gasteiger partial charge in [-0.05, 0) is 18.6 Å². The van der Waals surface area contributed by atoms with Gasteiger partial charge in [0.2, 0.25) is 0 Å². The molecule has 0 saturated carbocycles. The Hall–Kier alpha value is -1.42. The standard InChI is InChI=1S/C14H19N3S/c1-9-5-6-16-13(15)10(9)7-12-17-11(8-18-12)14(2,3)4/h5-6,8H,7H2,1-4H3,(H2,15,16). The normalized spacial score (nSPS) is 11.8. The Bertz CT molecular complexity index is 532. The Morgan fingerprint density at radius 3 is 2.61 bits per heavy atom. The lowest BCUT2D eigenvalue weighted by atomic mass is 9.93. The van der Waals surface area contributed by atoms with Crippen LogP contribution in [0, 0.1) is 6.92 Å². The van der Waals surface area contributed by atoms with Gasteiger partial charge in [0.15, 0.2) is 0 Å². The zero-order valence-corrected chi connectivity index (χ0v) is 12.1. The van der Waals surface area contributed by atoms with Gasteiger partial charge in [0.25, 0.3) is 0 Å². The van der Waals surface area contributed by atoms with Crippen molar-refractivity contribution in [3.05, 3.63) is 39.5 Å². The first-order valence-corrected chi connectivity index (χ1v) is 6.90. The summed E-state index contributed by atoms with van der Waals surface area (Å²) in [5.74, 6) is 0.613. The molecule has 2 aromatic heterocycles. The van der Waals surface area contributed by atoms with Gasteiger partial charge in [0.1, 0.15) is 5.82 Å². The molecule has 2 heterocycles. The lowest BCUT2D eigenvalue weighted by Crippen LogP contribution is -2.11. The van der Waals surface area contributed by atoms with Gasteiger partial charge in [0, 0.05) is 29.0 Å².